The van der Waals surface area contributed by atoms with Crippen molar-refractivity contribution in [3.63, 3.8) is 0 Å². The van der Waals surface area contributed by atoms with Crippen LogP contribution in [0.25, 0.3) is 0 Å². The predicted molar refractivity (Wildman–Crippen MR) is 154 cm³/mol. The third-order valence-electron chi connectivity index (χ3n) is 5.22. The fourth-order valence-electron chi connectivity index (χ4n) is 3.37. The van der Waals surface area contributed by atoms with Crippen LogP contribution in [0.5, 0.6) is 11.5 Å². The number of thiophene rings is 1. The summed E-state index contributed by atoms with van der Waals surface area (Å²) in [5.41, 5.74) is 3.98. The van der Waals surface area contributed by atoms with E-state index in [-0.39, 0.29) is 4.88 Å². The van der Waals surface area contributed by atoms with E-state index in [1.807, 2.05) is 57.2 Å². The van der Waals surface area contributed by atoms with Gasteiger partial charge in [-0.3, -0.25) is 0 Å². The van der Waals surface area contributed by atoms with Crippen molar-refractivity contribution in [3.8, 4) is 11.5 Å². The van der Waals surface area contributed by atoms with E-state index in [2.05, 4.69) is 18.5 Å². The molecule has 0 saturated carbocycles. The Balaban J connectivity index is 0.000000371. The second-order valence-corrected chi connectivity index (χ2v) is 9.38. The van der Waals surface area contributed by atoms with Crippen LogP contribution in [-0.2, 0) is 0 Å². The van der Waals surface area contributed by atoms with Gasteiger partial charge in [0, 0.05) is 15.4 Å². The normalized spacial score (nSPS) is 11.6. The van der Waals surface area contributed by atoms with Crippen molar-refractivity contribution in [2.24, 2.45) is 4.99 Å². The highest BCUT2D eigenvalue weighted by Gasteiger charge is 2.28. The summed E-state index contributed by atoms with van der Waals surface area (Å²) in [5.74, 6) is 0.495. The zero-order chi connectivity index (χ0) is 28.0. The van der Waals surface area contributed by atoms with E-state index in [1.54, 1.807) is 20.1 Å². The lowest BCUT2D eigenvalue weighted by molar-refractivity contribution is -0.427. The number of ether oxygens (including phenoxy) is 2. The molecule has 0 bridgehead atoms. The van der Waals surface area contributed by atoms with Gasteiger partial charge >= 0.3 is 5.97 Å². The van der Waals surface area contributed by atoms with Gasteiger partial charge < -0.3 is 14.6 Å². The van der Waals surface area contributed by atoms with Crippen LogP contribution >= 0.6 is 11.3 Å². The molecular formula is C29H39N2O5S+. The number of rotatable bonds is 12. The molecule has 0 aliphatic rings. The van der Waals surface area contributed by atoms with Gasteiger partial charge in [-0.1, -0.05) is 50.3 Å². The lowest BCUT2D eigenvalue weighted by atomic mass is 10.2. The first-order valence-corrected chi connectivity index (χ1v) is 12.9. The number of aromatic carboxylic acids is 1. The smallest absolute Gasteiger partial charge is 0.346 e. The van der Waals surface area contributed by atoms with Gasteiger partial charge in [-0.25, -0.2) is 9.79 Å². The molecule has 7 nitrogen and oxygen atoms in total. The first-order valence-electron chi connectivity index (χ1n) is 12.1. The highest BCUT2D eigenvalue weighted by Crippen LogP contribution is 2.41. The molecule has 0 atom stereocenters. The molecule has 8 heteroatoms. The van der Waals surface area contributed by atoms with Crippen LogP contribution < -0.4 is 9.47 Å². The molecule has 0 amide bonds. The van der Waals surface area contributed by atoms with Gasteiger partial charge in [0.1, 0.15) is 11.5 Å². The van der Waals surface area contributed by atoms with E-state index in [0.717, 1.165) is 58.9 Å². The Morgan fingerprint density at radius 2 is 1.97 bits per heavy atom. The number of methoxy groups -OCH3 is 1. The number of hydrogen-bond donors (Lipinski definition) is 1. The van der Waals surface area contributed by atoms with Crippen molar-refractivity contribution in [3.05, 3.63) is 75.6 Å². The maximum atomic E-state index is 11.6. The SMILES string of the molecule is C=C/C=C(\C=C/C)COc1ccc(C)cc1OC.CCCC/C(C)=N/c1sc(C(=O)O)c(C)c1[N+](C)=O. The van der Waals surface area contributed by atoms with Crippen LogP contribution in [0.2, 0.25) is 0 Å². The first kappa shape index (κ1) is 31.5. The van der Waals surface area contributed by atoms with Gasteiger partial charge in [0.05, 0.1) is 12.7 Å². The summed E-state index contributed by atoms with van der Waals surface area (Å²) in [7, 11) is 3.01. The predicted octanol–water partition coefficient (Wildman–Crippen LogP) is 8.15. The Kier molecular flexibility index (Phi) is 13.9. The second-order valence-electron chi connectivity index (χ2n) is 8.38. The van der Waals surface area contributed by atoms with Crippen LogP contribution in [0.4, 0.5) is 10.7 Å². The van der Waals surface area contributed by atoms with Crippen LogP contribution in [-0.4, -0.2) is 42.3 Å². The molecule has 0 aliphatic heterocycles. The van der Waals surface area contributed by atoms with Crippen molar-refractivity contribution >= 4 is 33.7 Å². The average Bonchev–Trinajstić information content (AvgIpc) is 3.18. The Hall–Kier alpha value is -3.52. The number of carbonyl (C=O) groups is 1. The van der Waals surface area contributed by atoms with E-state index in [4.69, 9.17) is 14.6 Å². The lowest BCUT2D eigenvalue weighted by Crippen LogP contribution is -2.01. The molecule has 200 valence electrons. The minimum Gasteiger partial charge on any atom is -0.493 e. The minimum absolute atomic E-state index is 0.180. The van der Waals surface area contributed by atoms with Crippen molar-refractivity contribution in [1.29, 1.82) is 0 Å². The summed E-state index contributed by atoms with van der Waals surface area (Å²) in [4.78, 5) is 27.3. The highest BCUT2D eigenvalue weighted by atomic mass is 32.1. The van der Waals surface area contributed by atoms with E-state index in [1.165, 1.54) is 7.05 Å². The lowest BCUT2D eigenvalue weighted by Gasteiger charge is -2.11. The average molecular weight is 528 g/mol. The molecule has 0 unspecified atom stereocenters. The number of carboxylic acids is 1. The number of hydrogen-bond acceptors (Lipinski definition) is 6. The molecule has 0 spiro atoms. The number of aliphatic imine (C=N–C) groups is 1. The fourth-order valence-corrected chi connectivity index (χ4v) is 4.48. The zero-order valence-corrected chi connectivity index (χ0v) is 23.8. The molecule has 37 heavy (non-hydrogen) atoms. The van der Waals surface area contributed by atoms with Crippen LogP contribution in [0, 0.1) is 18.8 Å². The summed E-state index contributed by atoms with van der Waals surface area (Å²) in [5, 5.41) is 9.59. The van der Waals surface area contributed by atoms with Crippen LogP contribution in [0.1, 0.15) is 60.8 Å². The zero-order valence-electron chi connectivity index (χ0n) is 23.0. The first-order chi connectivity index (χ1) is 17.6. The molecule has 0 saturated heterocycles. The van der Waals surface area contributed by atoms with Gasteiger partial charge in [-0.15, -0.1) is 11.3 Å². The van der Waals surface area contributed by atoms with Gasteiger partial charge in [-0.05, 0) is 63.8 Å². The van der Waals surface area contributed by atoms with Crippen molar-refractivity contribution in [1.82, 2.24) is 0 Å². The second kappa shape index (κ2) is 16.3. The summed E-state index contributed by atoms with van der Waals surface area (Å²) in [6.07, 6.45) is 10.6. The highest BCUT2D eigenvalue weighted by molar-refractivity contribution is 7.18. The fraction of sp³-hybridized carbons (Fsp3) is 0.379. The Morgan fingerprint density at radius 1 is 1.27 bits per heavy atom. The van der Waals surface area contributed by atoms with Gasteiger partial charge in [0.15, 0.2) is 23.5 Å². The standard InChI is InChI=1S/C16H20O2.C13H18N2O3S/c1-5-7-14(8-6-2)12-18-15-10-9-13(3)11-16(15)17-4;1-5-6-7-8(2)14-12-10(15(4)18)9(3)11(19-12)13(16)17/h5-11H,1,12H2,2-4H3;5-7H2,1-4H3/p+1/b8-6-,14-7+;14-8+. The van der Waals surface area contributed by atoms with Crippen molar-refractivity contribution < 1.29 is 24.1 Å². The maximum Gasteiger partial charge on any atom is 0.346 e. The molecule has 2 rings (SSSR count). The van der Waals surface area contributed by atoms with Gasteiger partial charge in [0.25, 0.3) is 5.69 Å². The number of unbranched alkanes of at least 4 members (excludes halogenated alkanes) is 1. The molecular weight excluding hydrogens is 488 g/mol. The van der Waals surface area contributed by atoms with Crippen LogP contribution in [0.3, 0.4) is 0 Å². The number of allylic oxidation sites excluding steroid dienone is 3. The molecule has 2 aromatic rings. The summed E-state index contributed by atoms with van der Waals surface area (Å²) in [6.45, 7) is 13.8. The molecule has 1 N–H and O–H groups in total. The molecule has 0 fully saturated rings. The quantitative estimate of drug-likeness (QED) is 0.171. The summed E-state index contributed by atoms with van der Waals surface area (Å²) in [6, 6.07) is 5.89. The topological polar surface area (TPSA) is 88.2 Å². The van der Waals surface area contributed by atoms with Gasteiger partial charge in [-0.2, -0.15) is 0 Å². The van der Waals surface area contributed by atoms with E-state index >= 15 is 0 Å². The molecule has 1 heterocycles. The number of nitroso groups, excluding NO2 is 1. The monoisotopic (exact) mass is 527 g/mol. The Labute approximate surface area is 224 Å². The molecule has 1 aromatic carbocycles. The van der Waals surface area contributed by atoms with Gasteiger partial charge in [0.2, 0.25) is 0 Å². The number of nitrogens with zero attached hydrogens (tertiary/aromatic N) is 2. The minimum atomic E-state index is -1.02. The Morgan fingerprint density at radius 3 is 2.51 bits per heavy atom. The third-order valence-corrected chi connectivity index (χ3v) is 6.38. The number of aryl methyl sites for hydroxylation is 1. The van der Waals surface area contributed by atoms with Crippen molar-refractivity contribution in [2.45, 2.75) is 53.9 Å². The molecule has 0 aliphatic carbocycles. The summed E-state index contributed by atoms with van der Waals surface area (Å²) >= 11 is 1.06. The third kappa shape index (κ3) is 10.2. The number of benzene rings is 1. The summed E-state index contributed by atoms with van der Waals surface area (Å²) < 4.78 is 11.7. The largest absolute Gasteiger partial charge is 0.493 e. The van der Waals surface area contributed by atoms with Crippen LogP contribution in [0.15, 0.2) is 59.6 Å². The Bertz CT molecular complexity index is 1180. The van der Waals surface area contributed by atoms with E-state index < -0.39 is 5.97 Å². The van der Waals surface area contributed by atoms with E-state index in [0.29, 0.717) is 27.6 Å². The van der Waals surface area contributed by atoms with E-state index in [9.17, 15) is 9.70 Å². The van der Waals surface area contributed by atoms with Crippen molar-refractivity contribution in [2.75, 3.05) is 20.8 Å². The number of carboxylic acid groups (broad SMARTS) is 1. The molecule has 1 aromatic heterocycles. The maximum absolute atomic E-state index is 11.6. The molecule has 0 radical (unpaired) electrons.